The van der Waals surface area contributed by atoms with E-state index in [0.717, 1.165) is 17.4 Å². The number of carbonyl (C=O) groups excluding carboxylic acids is 1. The lowest BCUT2D eigenvalue weighted by Gasteiger charge is -2.11. The number of hydrogen-bond donors (Lipinski definition) is 2. The lowest BCUT2D eigenvalue weighted by atomic mass is 10.1. The molecule has 0 spiro atoms. The fourth-order valence-electron chi connectivity index (χ4n) is 2.49. The number of benzene rings is 2. The summed E-state index contributed by atoms with van der Waals surface area (Å²) in [5.74, 6) is -0.175. The van der Waals surface area contributed by atoms with Gasteiger partial charge in [0.2, 0.25) is 15.8 Å². The van der Waals surface area contributed by atoms with Gasteiger partial charge in [0.15, 0.2) is 0 Å². The number of aryl methyl sites for hydroxylation is 1. The summed E-state index contributed by atoms with van der Waals surface area (Å²) in [6.07, 6.45) is 1.04. The fourth-order valence-corrected chi connectivity index (χ4v) is 3.06. The minimum Gasteiger partial charge on any atom is -0.494 e. The third kappa shape index (κ3) is 4.68. The van der Waals surface area contributed by atoms with Gasteiger partial charge in [0.25, 0.3) is 5.91 Å². The SMILES string of the molecule is COc1cc(NC(=O)c2cc(-c3ccc(C)cc3)no2)ccc1NS(C)(=O)=O. The highest BCUT2D eigenvalue weighted by molar-refractivity contribution is 7.92. The molecule has 3 rings (SSSR count). The van der Waals surface area contributed by atoms with E-state index in [-0.39, 0.29) is 17.2 Å². The van der Waals surface area contributed by atoms with Crippen LogP contribution in [0.15, 0.2) is 53.1 Å². The number of ether oxygens (including phenoxy) is 1. The molecule has 1 amide bonds. The van der Waals surface area contributed by atoms with Gasteiger partial charge in [-0.2, -0.15) is 0 Å². The Labute approximate surface area is 162 Å². The molecule has 0 aliphatic rings. The van der Waals surface area contributed by atoms with Crippen molar-refractivity contribution in [1.82, 2.24) is 5.16 Å². The van der Waals surface area contributed by atoms with Crippen LogP contribution in [0.5, 0.6) is 5.75 Å². The average Bonchev–Trinajstić information content (AvgIpc) is 3.12. The van der Waals surface area contributed by atoms with Crippen molar-refractivity contribution in [3.63, 3.8) is 0 Å². The van der Waals surface area contributed by atoms with Crippen molar-refractivity contribution >= 4 is 27.3 Å². The maximum absolute atomic E-state index is 12.4. The predicted octanol–water partition coefficient (Wildman–Crippen LogP) is 3.28. The Morgan fingerprint density at radius 1 is 1.11 bits per heavy atom. The van der Waals surface area contributed by atoms with E-state index >= 15 is 0 Å². The van der Waals surface area contributed by atoms with Crippen molar-refractivity contribution in [1.29, 1.82) is 0 Å². The molecule has 2 N–H and O–H groups in total. The monoisotopic (exact) mass is 401 g/mol. The van der Waals surface area contributed by atoms with Crippen LogP contribution in [0.2, 0.25) is 0 Å². The van der Waals surface area contributed by atoms with Gasteiger partial charge in [-0.15, -0.1) is 0 Å². The maximum atomic E-state index is 12.4. The summed E-state index contributed by atoms with van der Waals surface area (Å²) in [6, 6.07) is 13.8. The smallest absolute Gasteiger partial charge is 0.294 e. The van der Waals surface area contributed by atoms with Gasteiger partial charge in [-0.1, -0.05) is 35.0 Å². The lowest BCUT2D eigenvalue weighted by molar-refractivity contribution is 0.0988. The van der Waals surface area contributed by atoms with Crippen molar-refractivity contribution in [3.05, 3.63) is 59.9 Å². The van der Waals surface area contributed by atoms with Gasteiger partial charge in [-0.05, 0) is 19.1 Å². The van der Waals surface area contributed by atoms with Gasteiger partial charge in [-0.25, -0.2) is 8.42 Å². The Kier molecular flexibility index (Phi) is 5.36. The largest absolute Gasteiger partial charge is 0.494 e. The second kappa shape index (κ2) is 7.73. The number of amides is 1. The minimum atomic E-state index is -3.46. The van der Waals surface area contributed by atoms with Crippen LogP contribution in [0.4, 0.5) is 11.4 Å². The number of nitrogens with one attached hydrogen (secondary N) is 2. The average molecular weight is 401 g/mol. The summed E-state index contributed by atoms with van der Waals surface area (Å²) < 4.78 is 35.5. The zero-order valence-electron chi connectivity index (χ0n) is 15.5. The van der Waals surface area contributed by atoms with Gasteiger partial charge >= 0.3 is 0 Å². The topological polar surface area (TPSA) is 111 Å². The van der Waals surface area contributed by atoms with Crippen LogP contribution in [0.25, 0.3) is 11.3 Å². The van der Waals surface area contributed by atoms with E-state index in [2.05, 4.69) is 15.2 Å². The van der Waals surface area contributed by atoms with Gasteiger partial charge < -0.3 is 14.6 Å². The number of hydrogen-bond acceptors (Lipinski definition) is 6. The van der Waals surface area contributed by atoms with Crippen molar-refractivity contribution < 1.29 is 22.5 Å². The molecule has 0 radical (unpaired) electrons. The molecule has 146 valence electrons. The van der Waals surface area contributed by atoms with Crippen LogP contribution in [0.3, 0.4) is 0 Å². The number of carbonyl (C=O) groups is 1. The molecular formula is C19H19N3O5S. The number of nitrogens with zero attached hydrogens (tertiary/aromatic N) is 1. The molecular weight excluding hydrogens is 382 g/mol. The molecule has 8 nitrogen and oxygen atoms in total. The first-order valence-corrected chi connectivity index (χ1v) is 10.2. The Bertz CT molecular complexity index is 1100. The zero-order valence-corrected chi connectivity index (χ0v) is 16.3. The molecule has 2 aromatic carbocycles. The third-order valence-electron chi connectivity index (χ3n) is 3.84. The first kappa shape index (κ1) is 19.4. The van der Waals surface area contributed by atoms with Crippen molar-refractivity contribution in [2.24, 2.45) is 0 Å². The van der Waals surface area contributed by atoms with E-state index in [0.29, 0.717) is 11.4 Å². The summed E-state index contributed by atoms with van der Waals surface area (Å²) in [5.41, 5.74) is 3.19. The second-order valence-electron chi connectivity index (χ2n) is 6.19. The number of rotatable bonds is 6. The van der Waals surface area contributed by atoms with Gasteiger partial charge in [-0.3, -0.25) is 9.52 Å². The van der Waals surface area contributed by atoms with Gasteiger partial charge in [0.1, 0.15) is 11.4 Å². The minimum absolute atomic E-state index is 0.0490. The van der Waals surface area contributed by atoms with E-state index in [1.165, 1.54) is 19.2 Å². The Morgan fingerprint density at radius 2 is 1.82 bits per heavy atom. The normalized spacial score (nSPS) is 11.1. The molecule has 9 heteroatoms. The summed E-state index contributed by atoms with van der Waals surface area (Å²) in [6.45, 7) is 1.98. The first-order chi connectivity index (χ1) is 13.2. The van der Waals surface area contributed by atoms with E-state index in [9.17, 15) is 13.2 Å². The van der Waals surface area contributed by atoms with Crippen LogP contribution >= 0.6 is 0 Å². The number of methoxy groups -OCH3 is 1. The summed E-state index contributed by atoms with van der Waals surface area (Å²) in [7, 11) is -2.05. The van der Waals surface area contributed by atoms with Crippen molar-refractivity contribution in [2.45, 2.75) is 6.92 Å². The predicted molar refractivity (Wildman–Crippen MR) is 106 cm³/mol. The van der Waals surface area contributed by atoms with Crippen LogP contribution in [0.1, 0.15) is 16.1 Å². The molecule has 3 aromatic rings. The molecule has 1 heterocycles. The number of anilines is 2. The quantitative estimate of drug-likeness (QED) is 0.656. The molecule has 1 aromatic heterocycles. The van der Waals surface area contributed by atoms with E-state index in [1.54, 1.807) is 12.1 Å². The van der Waals surface area contributed by atoms with Crippen LogP contribution in [0, 0.1) is 6.92 Å². The van der Waals surface area contributed by atoms with Crippen molar-refractivity contribution in [3.8, 4) is 17.0 Å². The molecule has 0 aliphatic heterocycles. The molecule has 0 aliphatic carbocycles. The fraction of sp³-hybridized carbons (Fsp3) is 0.158. The van der Waals surface area contributed by atoms with Gasteiger partial charge in [0, 0.05) is 23.4 Å². The zero-order chi connectivity index (χ0) is 20.3. The second-order valence-corrected chi connectivity index (χ2v) is 7.93. The molecule has 28 heavy (non-hydrogen) atoms. The lowest BCUT2D eigenvalue weighted by Crippen LogP contribution is -2.13. The molecule has 0 fully saturated rings. The number of aromatic nitrogens is 1. The highest BCUT2D eigenvalue weighted by Crippen LogP contribution is 2.29. The van der Waals surface area contributed by atoms with E-state index in [4.69, 9.17) is 9.26 Å². The molecule has 0 atom stereocenters. The molecule has 0 bridgehead atoms. The Balaban J connectivity index is 1.77. The van der Waals surface area contributed by atoms with E-state index < -0.39 is 15.9 Å². The van der Waals surface area contributed by atoms with Crippen molar-refractivity contribution in [2.75, 3.05) is 23.4 Å². The maximum Gasteiger partial charge on any atom is 0.294 e. The van der Waals surface area contributed by atoms with E-state index in [1.807, 2.05) is 31.2 Å². The summed E-state index contributed by atoms with van der Waals surface area (Å²) in [4.78, 5) is 12.4. The van der Waals surface area contributed by atoms with Crippen LogP contribution in [-0.4, -0.2) is 32.8 Å². The molecule has 0 unspecified atom stereocenters. The summed E-state index contributed by atoms with van der Waals surface area (Å²) >= 11 is 0. The van der Waals surface area contributed by atoms with Gasteiger partial charge in [0.05, 0.1) is 19.1 Å². The Hall–Kier alpha value is -3.33. The van der Waals surface area contributed by atoms with Crippen LogP contribution in [-0.2, 0) is 10.0 Å². The first-order valence-electron chi connectivity index (χ1n) is 8.26. The summed E-state index contributed by atoms with van der Waals surface area (Å²) in [5, 5.41) is 6.60. The number of sulfonamides is 1. The highest BCUT2D eigenvalue weighted by Gasteiger charge is 2.16. The standard InChI is InChI=1S/C19H19N3O5S/c1-12-4-6-13(7-5-12)16-11-18(27-21-16)19(23)20-14-8-9-15(17(10-14)26-2)22-28(3,24)25/h4-11,22H,1-3H3,(H,20,23). The van der Waals surface area contributed by atoms with Crippen LogP contribution < -0.4 is 14.8 Å². The third-order valence-corrected chi connectivity index (χ3v) is 4.43. The highest BCUT2D eigenvalue weighted by atomic mass is 32.2. The molecule has 0 saturated heterocycles. The Morgan fingerprint density at radius 3 is 2.46 bits per heavy atom. The molecule has 0 saturated carbocycles.